The molecule has 108 valence electrons. The Morgan fingerprint density at radius 3 is 2.55 bits per heavy atom. The number of benzene rings is 1. The summed E-state index contributed by atoms with van der Waals surface area (Å²) < 4.78 is 0. The van der Waals surface area contributed by atoms with Crippen molar-refractivity contribution in [1.29, 1.82) is 0 Å². The second-order valence-electron chi connectivity index (χ2n) is 5.26. The minimum Gasteiger partial charge on any atom is -0.367 e. The molecule has 0 saturated carbocycles. The molecule has 0 aliphatic carbocycles. The van der Waals surface area contributed by atoms with Crippen molar-refractivity contribution in [2.24, 2.45) is 5.92 Å². The Balaban J connectivity index is 2.39. The molecule has 4 heteroatoms. The second kappa shape index (κ2) is 6.55. The van der Waals surface area contributed by atoms with Crippen molar-refractivity contribution in [2.45, 2.75) is 40.2 Å². The van der Waals surface area contributed by atoms with Gasteiger partial charge in [0.05, 0.1) is 5.52 Å². The monoisotopic (exact) mass is 272 g/mol. The number of anilines is 2. The topological polar surface area (TPSA) is 49.8 Å². The van der Waals surface area contributed by atoms with E-state index in [0.29, 0.717) is 17.9 Å². The predicted molar refractivity (Wildman–Crippen MR) is 86.2 cm³/mol. The van der Waals surface area contributed by atoms with Crippen molar-refractivity contribution in [2.75, 3.05) is 17.2 Å². The average molecular weight is 272 g/mol. The molecule has 0 bridgehead atoms. The summed E-state index contributed by atoms with van der Waals surface area (Å²) in [5.74, 6) is 2.20. The van der Waals surface area contributed by atoms with Crippen LogP contribution in [0.5, 0.6) is 0 Å². The van der Waals surface area contributed by atoms with Gasteiger partial charge in [-0.25, -0.2) is 4.98 Å². The van der Waals surface area contributed by atoms with Crippen LogP contribution >= 0.6 is 0 Å². The highest BCUT2D eigenvalue weighted by Gasteiger charge is 2.13. The summed E-state index contributed by atoms with van der Waals surface area (Å²) in [5.41, 5.74) is 0.970. The zero-order chi connectivity index (χ0) is 14.5. The van der Waals surface area contributed by atoms with Crippen LogP contribution in [0.3, 0.4) is 0 Å². The average Bonchev–Trinajstić information content (AvgIpc) is 2.46. The quantitative estimate of drug-likeness (QED) is 0.837. The van der Waals surface area contributed by atoms with E-state index < -0.39 is 0 Å². The molecule has 1 heterocycles. The molecule has 2 atom stereocenters. The summed E-state index contributed by atoms with van der Waals surface area (Å²) in [6.07, 6.45) is 1.15. The third-order valence-electron chi connectivity index (χ3n) is 3.80. The maximum atomic E-state index is 4.61. The second-order valence-corrected chi connectivity index (χ2v) is 5.26. The van der Waals surface area contributed by atoms with Crippen LogP contribution in [0, 0.1) is 5.92 Å². The molecule has 0 spiro atoms. The molecule has 1 aromatic carbocycles. The van der Waals surface area contributed by atoms with Crippen LogP contribution in [0.4, 0.5) is 11.8 Å². The van der Waals surface area contributed by atoms with E-state index in [9.17, 15) is 0 Å². The number of aromatic nitrogens is 2. The molecule has 1 aromatic heterocycles. The minimum absolute atomic E-state index is 0.382. The van der Waals surface area contributed by atoms with E-state index >= 15 is 0 Å². The standard InChI is InChI=1S/C16H24N4/c1-5-11(3)12(4)18-15-13-9-7-8-10-14(13)19-16(20-15)17-6-2/h7-12H,5-6H2,1-4H3,(H2,17,18,19,20). The van der Waals surface area contributed by atoms with Gasteiger partial charge in [0, 0.05) is 18.0 Å². The Morgan fingerprint density at radius 1 is 1.10 bits per heavy atom. The van der Waals surface area contributed by atoms with Crippen LogP contribution in [0.2, 0.25) is 0 Å². The molecular weight excluding hydrogens is 248 g/mol. The lowest BCUT2D eigenvalue weighted by Crippen LogP contribution is -2.24. The van der Waals surface area contributed by atoms with Crippen molar-refractivity contribution in [3.05, 3.63) is 24.3 Å². The van der Waals surface area contributed by atoms with Gasteiger partial charge >= 0.3 is 0 Å². The molecule has 2 N–H and O–H groups in total. The number of rotatable bonds is 6. The number of nitrogens with zero attached hydrogens (tertiary/aromatic N) is 2. The van der Waals surface area contributed by atoms with Gasteiger partial charge in [-0.05, 0) is 31.9 Å². The number of hydrogen-bond donors (Lipinski definition) is 2. The number of nitrogens with one attached hydrogen (secondary N) is 2. The van der Waals surface area contributed by atoms with E-state index in [1.54, 1.807) is 0 Å². The Morgan fingerprint density at radius 2 is 1.85 bits per heavy atom. The highest BCUT2D eigenvalue weighted by molar-refractivity contribution is 5.90. The lowest BCUT2D eigenvalue weighted by molar-refractivity contribution is 0.494. The van der Waals surface area contributed by atoms with E-state index in [4.69, 9.17) is 0 Å². The van der Waals surface area contributed by atoms with Crippen molar-refractivity contribution in [3.63, 3.8) is 0 Å². The first-order chi connectivity index (χ1) is 9.65. The Kier molecular flexibility index (Phi) is 4.77. The number of para-hydroxylation sites is 1. The first-order valence-corrected chi connectivity index (χ1v) is 7.42. The van der Waals surface area contributed by atoms with Gasteiger partial charge < -0.3 is 10.6 Å². The molecule has 4 nitrogen and oxygen atoms in total. The van der Waals surface area contributed by atoms with Gasteiger partial charge in [-0.2, -0.15) is 4.98 Å². The zero-order valence-electron chi connectivity index (χ0n) is 12.8. The van der Waals surface area contributed by atoms with Crippen LogP contribution in [-0.2, 0) is 0 Å². The van der Waals surface area contributed by atoms with Crippen molar-refractivity contribution >= 4 is 22.7 Å². The van der Waals surface area contributed by atoms with Crippen LogP contribution in [0.1, 0.15) is 34.1 Å². The third kappa shape index (κ3) is 3.18. The normalized spacial score (nSPS) is 14.0. The molecule has 2 rings (SSSR count). The van der Waals surface area contributed by atoms with Crippen molar-refractivity contribution < 1.29 is 0 Å². The van der Waals surface area contributed by atoms with Gasteiger partial charge in [-0.15, -0.1) is 0 Å². The number of fused-ring (bicyclic) bond motifs is 1. The Hall–Kier alpha value is -1.84. The Labute approximate surface area is 121 Å². The van der Waals surface area contributed by atoms with Crippen LogP contribution in [-0.4, -0.2) is 22.6 Å². The molecule has 0 saturated heterocycles. The van der Waals surface area contributed by atoms with Crippen molar-refractivity contribution in [1.82, 2.24) is 9.97 Å². The molecule has 0 radical (unpaired) electrons. The first-order valence-electron chi connectivity index (χ1n) is 7.42. The highest BCUT2D eigenvalue weighted by atomic mass is 15.1. The molecule has 0 aliphatic heterocycles. The lowest BCUT2D eigenvalue weighted by atomic mass is 10.0. The zero-order valence-corrected chi connectivity index (χ0v) is 12.8. The smallest absolute Gasteiger partial charge is 0.225 e. The molecular formula is C16H24N4. The number of hydrogen-bond acceptors (Lipinski definition) is 4. The SMILES string of the molecule is CCNc1nc(NC(C)C(C)CC)c2ccccc2n1. The molecule has 0 aliphatic rings. The van der Waals surface area contributed by atoms with Gasteiger partial charge in [0.1, 0.15) is 5.82 Å². The summed E-state index contributed by atoms with van der Waals surface area (Å²) in [4.78, 5) is 9.15. The van der Waals surface area contributed by atoms with Gasteiger partial charge in [0.25, 0.3) is 0 Å². The maximum Gasteiger partial charge on any atom is 0.225 e. The van der Waals surface area contributed by atoms with Gasteiger partial charge in [0.15, 0.2) is 0 Å². The molecule has 20 heavy (non-hydrogen) atoms. The van der Waals surface area contributed by atoms with E-state index in [1.165, 1.54) is 0 Å². The summed E-state index contributed by atoms with van der Waals surface area (Å²) >= 11 is 0. The van der Waals surface area contributed by atoms with E-state index in [0.717, 1.165) is 29.7 Å². The lowest BCUT2D eigenvalue weighted by Gasteiger charge is -2.21. The summed E-state index contributed by atoms with van der Waals surface area (Å²) in [6, 6.07) is 8.51. The fourth-order valence-corrected chi connectivity index (χ4v) is 2.14. The summed E-state index contributed by atoms with van der Waals surface area (Å²) in [5, 5.41) is 7.81. The highest BCUT2D eigenvalue weighted by Crippen LogP contribution is 2.23. The van der Waals surface area contributed by atoms with Crippen LogP contribution < -0.4 is 10.6 Å². The minimum atomic E-state index is 0.382. The fourth-order valence-electron chi connectivity index (χ4n) is 2.14. The van der Waals surface area contributed by atoms with Crippen LogP contribution in [0.25, 0.3) is 10.9 Å². The predicted octanol–water partition coefficient (Wildman–Crippen LogP) is 3.91. The maximum absolute atomic E-state index is 4.61. The van der Waals surface area contributed by atoms with E-state index in [-0.39, 0.29) is 0 Å². The molecule has 2 unspecified atom stereocenters. The van der Waals surface area contributed by atoms with Crippen molar-refractivity contribution in [3.8, 4) is 0 Å². The third-order valence-corrected chi connectivity index (χ3v) is 3.80. The van der Waals surface area contributed by atoms with E-state index in [2.05, 4.69) is 47.4 Å². The summed E-state index contributed by atoms with van der Waals surface area (Å²) in [6.45, 7) is 9.54. The fraction of sp³-hybridized carbons (Fsp3) is 0.500. The summed E-state index contributed by atoms with van der Waals surface area (Å²) in [7, 11) is 0. The van der Waals surface area contributed by atoms with Gasteiger partial charge in [0.2, 0.25) is 5.95 Å². The first kappa shape index (κ1) is 14.6. The largest absolute Gasteiger partial charge is 0.367 e. The molecule has 0 fully saturated rings. The molecule has 0 amide bonds. The van der Waals surface area contributed by atoms with Gasteiger partial charge in [-0.1, -0.05) is 32.4 Å². The van der Waals surface area contributed by atoms with Gasteiger partial charge in [-0.3, -0.25) is 0 Å². The Bertz CT molecular complexity index is 567. The van der Waals surface area contributed by atoms with E-state index in [1.807, 2.05) is 25.1 Å². The van der Waals surface area contributed by atoms with Crippen LogP contribution in [0.15, 0.2) is 24.3 Å². The molecule has 2 aromatic rings.